The highest BCUT2D eigenvalue weighted by Crippen LogP contribution is 2.33. The van der Waals surface area contributed by atoms with Gasteiger partial charge in [-0.25, -0.2) is 9.07 Å². The number of alkyl halides is 3. The maximum Gasteiger partial charge on any atom is 0.393 e. The lowest BCUT2D eigenvalue weighted by Crippen LogP contribution is -2.22. The maximum absolute atomic E-state index is 15.2. The van der Waals surface area contributed by atoms with E-state index in [-0.39, 0.29) is 41.4 Å². The van der Waals surface area contributed by atoms with Gasteiger partial charge >= 0.3 is 6.18 Å². The van der Waals surface area contributed by atoms with Crippen LogP contribution in [0.3, 0.4) is 0 Å². The highest BCUT2D eigenvalue weighted by Gasteiger charge is 2.30. The molecule has 226 valence electrons. The van der Waals surface area contributed by atoms with E-state index < -0.39 is 40.5 Å². The summed E-state index contributed by atoms with van der Waals surface area (Å²) in [5, 5.41) is 7.33. The molecule has 0 aliphatic rings. The number of nitrogens with one attached hydrogen (secondary N) is 1. The zero-order valence-electron chi connectivity index (χ0n) is 24.8. The van der Waals surface area contributed by atoms with Crippen LogP contribution in [-0.4, -0.2) is 63.3 Å². The van der Waals surface area contributed by atoms with Crippen LogP contribution >= 0.6 is 0 Å². The van der Waals surface area contributed by atoms with Crippen LogP contribution in [0.5, 0.6) is 0 Å². The molecule has 13 heteroatoms. The van der Waals surface area contributed by atoms with Crippen LogP contribution in [0.2, 0.25) is 51.4 Å². The van der Waals surface area contributed by atoms with Crippen molar-refractivity contribution in [1.82, 2.24) is 20.1 Å². The quantitative estimate of drug-likeness (QED) is 0.130. The van der Waals surface area contributed by atoms with Crippen molar-refractivity contribution in [2.24, 2.45) is 0 Å². The van der Waals surface area contributed by atoms with Crippen LogP contribution in [0.4, 0.5) is 17.6 Å². The Hall–Kier alpha value is -2.62. The summed E-state index contributed by atoms with van der Waals surface area (Å²) in [6.45, 7) is 14.1. The predicted molar refractivity (Wildman–Crippen MR) is 158 cm³/mol. The normalized spacial score (nSPS) is 12.8. The summed E-state index contributed by atoms with van der Waals surface area (Å²) >= 11 is 0. The summed E-state index contributed by atoms with van der Waals surface area (Å²) in [5.41, 5.74) is 0.655. The molecule has 2 heterocycles. The van der Waals surface area contributed by atoms with Gasteiger partial charge in [-0.2, -0.15) is 18.3 Å². The molecule has 1 N–H and O–H groups in total. The van der Waals surface area contributed by atoms with Crippen molar-refractivity contribution in [3.05, 3.63) is 47.0 Å². The van der Waals surface area contributed by atoms with E-state index in [0.29, 0.717) is 24.1 Å². The first-order valence-electron chi connectivity index (χ1n) is 13.6. The van der Waals surface area contributed by atoms with Gasteiger partial charge in [-0.05, 0) is 35.9 Å². The number of amides is 1. The van der Waals surface area contributed by atoms with Gasteiger partial charge in [0.25, 0.3) is 5.91 Å². The Morgan fingerprint density at radius 3 is 2.20 bits per heavy atom. The van der Waals surface area contributed by atoms with Crippen molar-refractivity contribution in [1.29, 1.82) is 0 Å². The second-order valence-electron chi connectivity index (χ2n) is 12.6. The Morgan fingerprint density at radius 2 is 1.61 bits per heavy atom. The number of hydrogen-bond donors (Lipinski definition) is 1. The highest BCUT2D eigenvalue weighted by atomic mass is 28.3. The Morgan fingerprint density at radius 1 is 0.976 bits per heavy atom. The van der Waals surface area contributed by atoms with Crippen molar-refractivity contribution in [2.75, 3.05) is 20.3 Å². The lowest BCUT2D eigenvalue weighted by Gasteiger charge is -2.17. The van der Waals surface area contributed by atoms with E-state index in [4.69, 9.17) is 9.47 Å². The Balaban J connectivity index is 2.01. The molecule has 0 radical (unpaired) electrons. The summed E-state index contributed by atoms with van der Waals surface area (Å²) in [6, 6.07) is 5.60. The Labute approximate surface area is 240 Å². The molecule has 7 nitrogen and oxygen atoms in total. The number of aromatic nitrogens is 3. The number of fused-ring (bicyclic) bond motifs is 1. The van der Waals surface area contributed by atoms with E-state index in [0.717, 1.165) is 18.2 Å². The van der Waals surface area contributed by atoms with Crippen LogP contribution < -0.4 is 5.32 Å². The summed E-state index contributed by atoms with van der Waals surface area (Å²) in [6.07, 6.45) is -4.40. The largest absolute Gasteiger partial charge is 0.393 e. The summed E-state index contributed by atoms with van der Waals surface area (Å²) < 4.78 is 68.9. The van der Waals surface area contributed by atoms with Gasteiger partial charge in [0.05, 0.1) is 29.6 Å². The van der Waals surface area contributed by atoms with E-state index in [2.05, 4.69) is 54.7 Å². The lowest BCUT2D eigenvalue weighted by molar-refractivity contribution is -0.127. The fourth-order valence-electron chi connectivity index (χ4n) is 4.07. The van der Waals surface area contributed by atoms with E-state index in [1.165, 1.54) is 30.1 Å². The number of benzene rings is 1. The number of carbonyl (C=O) groups is 1. The van der Waals surface area contributed by atoms with Crippen molar-refractivity contribution < 1.29 is 31.8 Å². The van der Waals surface area contributed by atoms with Gasteiger partial charge in [0.1, 0.15) is 12.5 Å². The van der Waals surface area contributed by atoms with Crippen molar-refractivity contribution in [2.45, 2.75) is 77.3 Å². The molecule has 0 unspecified atom stereocenters. The number of nitrogens with zero attached hydrogens (tertiary/aromatic N) is 3. The summed E-state index contributed by atoms with van der Waals surface area (Å²) in [5.74, 6) is -1.11. The van der Waals surface area contributed by atoms with Crippen molar-refractivity contribution >= 4 is 33.0 Å². The molecule has 0 spiro atoms. The monoisotopic (exact) mass is 612 g/mol. The molecule has 0 saturated carbocycles. The van der Waals surface area contributed by atoms with E-state index in [9.17, 15) is 18.0 Å². The highest BCUT2D eigenvalue weighted by molar-refractivity contribution is 6.76. The molecule has 3 rings (SSSR count). The molecule has 0 fully saturated rings. The first-order chi connectivity index (χ1) is 19.0. The van der Waals surface area contributed by atoms with Crippen molar-refractivity contribution in [3.8, 4) is 11.3 Å². The Kier molecular flexibility index (Phi) is 10.5. The van der Waals surface area contributed by atoms with Gasteiger partial charge in [-0.1, -0.05) is 39.3 Å². The first kappa shape index (κ1) is 32.9. The van der Waals surface area contributed by atoms with Gasteiger partial charge < -0.3 is 14.8 Å². The van der Waals surface area contributed by atoms with Gasteiger partial charge in [-0.15, -0.1) is 0 Å². The maximum atomic E-state index is 15.2. The first-order valence-corrected chi connectivity index (χ1v) is 21.0. The van der Waals surface area contributed by atoms with Gasteiger partial charge in [-0.3, -0.25) is 9.78 Å². The standard InChI is InChI=1S/C28H40F4N4O3Si2/c1-33-27(37)26-22-16-34-24(14-25(22)36(35-26)18-39-9-11-41(5,6)7)21-13-23(29)20(12-19(21)15-28(30,31)32)17-38-8-10-40(2,3)4/h12-14,16H,8-11,15,17-18H2,1-7H3,(H,33,37). The van der Waals surface area contributed by atoms with E-state index in [1.807, 2.05) is 0 Å². The molecule has 0 atom stereocenters. The number of rotatable bonds is 13. The lowest BCUT2D eigenvalue weighted by atomic mass is 9.97. The number of hydrogen-bond acceptors (Lipinski definition) is 5. The van der Waals surface area contributed by atoms with Crippen molar-refractivity contribution in [3.63, 3.8) is 0 Å². The average molecular weight is 613 g/mol. The summed E-state index contributed by atoms with van der Waals surface area (Å²) in [7, 11) is -1.24. The van der Waals surface area contributed by atoms with E-state index >= 15 is 4.39 Å². The molecule has 1 aromatic carbocycles. The van der Waals surface area contributed by atoms with Crippen LogP contribution in [0.25, 0.3) is 22.2 Å². The molecule has 2 aromatic heterocycles. The van der Waals surface area contributed by atoms with Gasteiger partial charge in [0.15, 0.2) is 5.69 Å². The second kappa shape index (κ2) is 13.1. The third-order valence-corrected chi connectivity index (χ3v) is 9.89. The van der Waals surface area contributed by atoms with E-state index in [1.54, 1.807) is 0 Å². The fraction of sp³-hybridized carbons (Fsp3) is 0.536. The molecule has 41 heavy (non-hydrogen) atoms. The predicted octanol–water partition coefficient (Wildman–Crippen LogP) is 6.87. The summed E-state index contributed by atoms with van der Waals surface area (Å²) in [4.78, 5) is 16.8. The molecule has 0 saturated heterocycles. The minimum Gasteiger partial charge on any atom is -0.377 e. The van der Waals surface area contributed by atoms with Crippen LogP contribution in [0.1, 0.15) is 21.6 Å². The molecular formula is C28H40F4N4O3Si2. The van der Waals surface area contributed by atoms with Crippen LogP contribution in [0, 0.1) is 5.82 Å². The molecule has 1 amide bonds. The topological polar surface area (TPSA) is 78.3 Å². The minimum atomic E-state index is -4.52. The number of halogens is 4. The number of ether oxygens (including phenoxy) is 2. The van der Waals surface area contributed by atoms with Gasteiger partial charge in [0, 0.05) is 53.7 Å². The third-order valence-electron chi connectivity index (χ3n) is 6.48. The molecule has 3 aromatic rings. The third kappa shape index (κ3) is 9.72. The smallest absolute Gasteiger partial charge is 0.377 e. The molecule has 0 aliphatic heterocycles. The van der Waals surface area contributed by atoms with Crippen LogP contribution in [0.15, 0.2) is 24.4 Å². The second-order valence-corrected chi connectivity index (χ2v) is 23.9. The Bertz CT molecular complexity index is 1370. The zero-order valence-corrected chi connectivity index (χ0v) is 26.8. The van der Waals surface area contributed by atoms with Gasteiger partial charge in [0.2, 0.25) is 0 Å². The number of carbonyl (C=O) groups excluding carboxylic acids is 1. The minimum absolute atomic E-state index is 0.0152. The SMILES string of the molecule is CNC(=O)c1nn(COCC[Si](C)(C)C)c2cc(-c3cc(F)c(COCC[Si](C)(C)C)cc3CC(F)(F)F)ncc12. The number of pyridine rings is 1. The molecule has 0 bridgehead atoms. The zero-order chi connectivity index (χ0) is 30.6. The van der Waals surface area contributed by atoms with Crippen LogP contribution in [-0.2, 0) is 29.2 Å². The molecular weight excluding hydrogens is 572 g/mol. The average Bonchev–Trinajstić information content (AvgIpc) is 3.21. The molecule has 0 aliphatic carbocycles. The fourth-order valence-corrected chi connectivity index (χ4v) is 5.58.